The number of H-pyrrole nitrogens is 1. The monoisotopic (exact) mass is 472 g/mol. The fourth-order valence-electron chi connectivity index (χ4n) is 4.34. The van der Waals surface area contributed by atoms with Gasteiger partial charge in [-0.15, -0.1) is 0 Å². The molecule has 0 unspecified atom stereocenters. The zero-order valence-corrected chi connectivity index (χ0v) is 19.5. The van der Waals surface area contributed by atoms with Gasteiger partial charge in [0.05, 0.1) is 17.3 Å². The summed E-state index contributed by atoms with van der Waals surface area (Å²) in [6, 6.07) is 25.3. The number of benzene rings is 3. The molecule has 1 aliphatic rings. The van der Waals surface area contributed by atoms with Crippen LogP contribution in [0.2, 0.25) is 5.02 Å². The van der Waals surface area contributed by atoms with Gasteiger partial charge >= 0.3 is 0 Å². The Balaban J connectivity index is 1.75. The highest BCUT2D eigenvalue weighted by atomic mass is 35.5. The van der Waals surface area contributed by atoms with Crippen LogP contribution >= 0.6 is 23.8 Å². The molecule has 2 N–H and O–H groups in total. The summed E-state index contributed by atoms with van der Waals surface area (Å²) < 4.78 is 0. The lowest BCUT2D eigenvalue weighted by Gasteiger charge is -2.23. The second-order valence-corrected chi connectivity index (χ2v) is 8.66. The second kappa shape index (κ2) is 8.81. The number of aromatic nitrogens is 1. The number of aromatic amines is 1. The van der Waals surface area contributed by atoms with Crippen LogP contribution < -0.4 is 10.9 Å². The second-order valence-electron chi connectivity index (χ2n) is 7.84. The highest BCUT2D eigenvalue weighted by Gasteiger charge is 2.33. The third-order valence-corrected chi connectivity index (χ3v) is 6.47. The van der Waals surface area contributed by atoms with Gasteiger partial charge in [0.2, 0.25) is 0 Å². The number of hydrogen-bond acceptors (Lipinski definition) is 3. The van der Waals surface area contributed by atoms with Gasteiger partial charge in [-0.1, -0.05) is 72.3 Å². The zero-order valence-electron chi connectivity index (χ0n) is 17.9. The number of hydrazone groups is 1. The van der Waals surface area contributed by atoms with Crippen LogP contribution in [-0.4, -0.2) is 27.9 Å². The van der Waals surface area contributed by atoms with Crippen LogP contribution in [0.5, 0.6) is 0 Å². The molecule has 4 aromatic rings. The van der Waals surface area contributed by atoms with Gasteiger partial charge in [0.1, 0.15) is 0 Å². The normalized spacial score (nSPS) is 15.5. The molecular weight excluding hydrogens is 452 g/mol. The van der Waals surface area contributed by atoms with Crippen molar-refractivity contribution in [1.82, 2.24) is 15.3 Å². The zero-order chi connectivity index (χ0) is 22.9. The third kappa shape index (κ3) is 3.92. The van der Waals surface area contributed by atoms with Gasteiger partial charge in [-0.05, 0) is 41.5 Å². The lowest BCUT2D eigenvalue weighted by atomic mass is 9.91. The van der Waals surface area contributed by atoms with Crippen molar-refractivity contribution in [2.24, 2.45) is 5.10 Å². The smallest absolute Gasteiger partial charge is 0.258 e. The van der Waals surface area contributed by atoms with Crippen molar-refractivity contribution in [3.63, 3.8) is 0 Å². The lowest BCUT2D eigenvalue weighted by molar-refractivity contribution is 0.367. The minimum atomic E-state index is -0.188. The summed E-state index contributed by atoms with van der Waals surface area (Å²) in [5.41, 5.74) is 4.59. The highest BCUT2D eigenvalue weighted by molar-refractivity contribution is 7.80. The number of nitrogens with one attached hydrogen (secondary N) is 2. The molecule has 33 heavy (non-hydrogen) atoms. The molecule has 0 spiro atoms. The van der Waals surface area contributed by atoms with E-state index in [0.29, 0.717) is 27.8 Å². The number of rotatable bonds is 3. The molecule has 1 aliphatic heterocycles. The number of hydrogen-bond donors (Lipinski definition) is 2. The quantitative estimate of drug-likeness (QED) is 0.386. The van der Waals surface area contributed by atoms with Crippen LogP contribution in [0.15, 0.2) is 88.8 Å². The van der Waals surface area contributed by atoms with E-state index in [9.17, 15) is 4.79 Å². The van der Waals surface area contributed by atoms with Crippen molar-refractivity contribution in [2.45, 2.75) is 12.5 Å². The molecule has 2 heterocycles. The first-order chi connectivity index (χ1) is 16.1. The van der Waals surface area contributed by atoms with Crippen molar-refractivity contribution in [3.05, 3.63) is 105 Å². The molecule has 0 fully saturated rings. The summed E-state index contributed by atoms with van der Waals surface area (Å²) >= 11 is 11.9. The molecule has 5 rings (SSSR count). The average molecular weight is 473 g/mol. The first-order valence-electron chi connectivity index (χ1n) is 10.6. The lowest BCUT2D eigenvalue weighted by Crippen LogP contribution is -2.34. The minimum Gasteiger partial charge on any atom is -0.364 e. The molecule has 3 aromatic carbocycles. The Kier molecular flexibility index (Phi) is 5.70. The molecule has 1 aromatic heterocycles. The van der Waals surface area contributed by atoms with Crippen molar-refractivity contribution in [1.29, 1.82) is 0 Å². The summed E-state index contributed by atoms with van der Waals surface area (Å²) in [5.74, 6) is 0. The molecule has 5 nitrogen and oxygen atoms in total. The molecule has 0 radical (unpaired) electrons. The van der Waals surface area contributed by atoms with Gasteiger partial charge in [0.15, 0.2) is 5.11 Å². The summed E-state index contributed by atoms with van der Waals surface area (Å²) in [6.45, 7) is 0. The van der Waals surface area contributed by atoms with Crippen LogP contribution in [0.3, 0.4) is 0 Å². The molecule has 0 aliphatic carbocycles. The summed E-state index contributed by atoms with van der Waals surface area (Å²) in [4.78, 5) is 16.5. The summed E-state index contributed by atoms with van der Waals surface area (Å²) in [5, 5.41) is 11.6. The standard InChI is InChI=1S/C26H21ClN4OS/c1-28-26(33)31-22(16-8-4-2-5-9-16)15-21(30-31)24-23(17-10-6-3-7-11-17)19-14-18(27)12-13-20(19)29-25(24)32/h2-14,22H,15H2,1H3,(H,28,33)(H,29,32)/t22-/m1/s1. The number of pyridine rings is 1. The Morgan fingerprint density at radius 3 is 2.45 bits per heavy atom. The van der Waals surface area contributed by atoms with E-state index in [0.717, 1.165) is 27.6 Å². The maximum absolute atomic E-state index is 13.5. The molecule has 7 heteroatoms. The Bertz CT molecular complexity index is 1430. The van der Waals surface area contributed by atoms with E-state index in [-0.39, 0.29) is 11.6 Å². The fourth-order valence-corrected chi connectivity index (χ4v) is 4.68. The summed E-state index contributed by atoms with van der Waals surface area (Å²) in [7, 11) is 1.78. The van der Waals surface area contributed by atoms with Gasteiger partial charge < -0.3 is 10.3 Å². The number of halogens is 1. The Morgan fingerprint density at radius 2 is 1.76 bits per heavy atom. The molecule has 0 saturated heterocycles. The topological polar surface area (TPSA) is 60.5 Å². The molecule has 0 amide bonds. The highest BCUT2D eigenvalue weighted by Crippen LogP contribution is 2.37. The van der Waals surface area contributed by atoms with Gasteiger partial charge in [0.25, 0.3) is 5.56 Å². The van der Waals surface area contributed by atoms with Crippen molar-refractivity contribution in [3.8, 4) is 11.1 Å². The van der Waals surface area contributed by atoms with Crippen molar-refractivity contribution in [2.75, 3.05) is 7.05 Å². The number of nitrogens with zero attached hydrogens (tertiary/aromatic N) is 2. The van der Waals surface area contributed by atoms with Crippen LogP contribution in [0, 0.1) is 0 Å². The van der Waals surface area contributed by atoms with E-state index in [1.165, 1.54) is 0 Å². The Labute approximate surface area is 201 Å². The Morgan fingerprint density at radius 1 is 1.06 bits per heavy atom. The molecular formula is C26H21ClN4OS. The Hall–Kier alpha value is -3.48. The van der Waals surface area contributed by atoms with E-state index >= 15 is 0 Å². The van der Waals surface area contributed by atoms with Gasteiger partial charge in [-0.25, -0.2) is 5.01 Å². The predicted octanol–water partition coefficient (Wildman–Crippen LogP) is 5.50. The largest absolute Gasteiger partial charge is 0.364 e. The van der Waals surface area contributed by atoms with Crippen LogP contribution in [0.4, 0.5) is 0 Å². The first-order valence-corrected chi connectivity index (χ1v) is 11.4. The SMILES string of the molecule is CNC(=S)N1N=C(c2c(-c3ccccc3)c3cc(Cl)ccc3[nH]c2=O)C[C@@H]1c1ccccc1. The molecule has 164 valence electrons. The third-order valence-electron chi connectivity index (χ3n) is 5.84. The maximum Gasteiger partial charge on any atom is 0.258 e. The maximum atomic E-state index is 13.5. The number of fused-ring (bicyclic) bond motifs is 1. The fraction of sp³-hybridized carbons (Fsp3) is 0.115. The van der Waals surface area contributed by atoms with Gasteiger partial charge in [0, 0.05) is 35.0 Å². The van der Waals surface area contributed by atoms with E-state index in [1.807, 2.05) is 60.7 Å². The van der Waals surface area contributed by atoms with E-state index in [4.69, 9.17) is 28.9 Å². The predicted molar refractivity (Wildman–Crippen MR) is 139 cm³/mol. The van der Waals surface area contributed by atoms with Crippen LogP contribution in [-0.2, 0) is 0 Å². The number of thiocarbonyl (C=S) groups is 1. The van der Waals surface area contributed by atoms with E-state index < -0.39 is 0 Å². The van der Waals surface area contributed by atoms with Crippen molar-refractivity contribution < 1.29 is 0 Å². The van der Waals surface area contributed by atoms with Gasteiger partial charge in [-0.3, -0.25) is 4.79 Å². The van der Waals surface area contributed by atoms with Crippen LogP contribution in [0.1, 0.15) is 23.6 Å². The van der Waals surface area contributed by atoms with E-state index in [1.54, 1.807) is 18.1 Å². The summed E-state index contributed by atoms with van der Waals surface area (Å²) in [6.07, 6.45) is 0.542. The first kappa shape index (κ1) is 21.4. The minimum absolute atomic E-state index is 0.112. The van der Waals surface area contributed by atoms with Crippen molar-refractivity contribution >= 4 is 45.5 Å². The van der Waals surface area contributed by atoms with E-state index in [2.05, 4.69) is 22.4 Å². The average Bonchev–Trinajstić information content (AvgIpc) is 3.29. The molecule has 1 atom stereocenters. The van der Waals surface area contributed by atoms with Gasteiger partial charge in [-0.2, -0.15) is 5.10 Å². The molecule has 0 bridgehead atoms. The molecule has 0 saturated carbocycles. The van der Waals surface area contributed by atoms with Crippen LogP contribution in [0.25, 0.3) is 22.0 Å².